The summed E-state index contributed by atoms with van der Waals surface area (Å²) < 4.78 is 30.5. The molecule has 26 heavy (non-hydrogen) atoms. The maximum Gasteiger partial charge on any atom is 0.343 e. The molecule has 1 fully saturated rings. The maximum absolute atomic E-state index is 13.2. The lowest BCUT2D eigenvalue weighted by atomic mass is 10.1. The summed E-state index contributed by atoms with van der Waals surface area (Å²) in [6.07, 6.45) is 1.59. The average Bonchev–Trinajstić information content (AvgIpc) is 3.12. The van der Waals surface area contributed by atoms with Crippen molar-refractivity contribution in [3.8, 4) is 0 Å². The summed E-state index contributed by atoms with van der Waals surface area (Å²) in [5, 5.41) is 3.27. The number of hydrogen-bond donors (Lipinski definition) is 1. The van der Waals surface area contributed by atoms with Gasteiger partial charge in [0, 0.05) is 10.5 Å². The van der Waals surface area contributed by atoms with E-state index in [1.165, 1.54) is 6.07 Å². The van der Waals surface area contributed by atoms with Gasteiger partial charge in [0.25, 0.3) is 10.0 Å². The van der Waals surface area contributed by atoms with E-state index >= 15 is 0 Å². The first-order valence-corrected chi connectivity index (χ1v) is 11.9. The summed E-state index contributed by atoms with van der Waals surface area (Å²) in [6.45, 7) is 1.63. The number of fused-ring (bicyclic) bond motifs is 1. The number of nitrogens with zero attached hydrogens (tertiary/aromatic N) is 2. The van der Waals surface area contributed by atoms with Crippen LogP contribution in [0.4, 0.5) is 0 Å². The van der Waals surface area contributed by atoms with Crippen molar-refractivity contribution in [1.82, 2.24) is 13.9 Å². The largest absolute Gasteiger partial charge is 0.343 e. The van der Waals surface area contributed by atoms with Crippen LogP contribution >= 0.6 is 43.2 Å². The zero-order chi connectivity index (χ0) is 18.5. The molecule has 0 amide bonds. The van der Waals surface area contributed by atoms with Crippen LogP contribution in [0, 0.1) is 0 Å². The SMILES string of the molecule is O=c1n(C2CCNCC2)c2ccccc2n1S(=O)(=O)c1cc(Br)c(Br)s1. The lowest BCUT2D eigenvalue weighted by molar-refractivity contribution is 0.367. The fourth-order valence-electron chi connectivity index (χ4n) is 3.34. The first-order chi connectivity index (χ1) is 12.4. The molecule has 1 aromatic carbocycles. The van der Waals surface area contributed by atoms with Crippen LogP contribution in [0.5, 0.6) is 0 Å². The van der Waals surface area contributed by atoms with Gasteiger partial charge in [-0.15, -0.1) is 11.3 Å². The van der Waals surface area contributed by atoms with Gasteiger partial charge in [-0.1, -0.05) is 12.1 Å². The number of aromatic nitrogens is 2. The average molecular weight is 521 g/mol. The maximum atomic E-state index is 13.2. The van der Waals surface area contributed by atoms with E-state index < -0.39 is 15.7 Å². The van der Waals surface area contributed by atoms with E-state index in [2.05, 4.69) is 37.2 Å². The Bertz CT molecular complexity index is 1120. The summed E-state index contributed by atoms with van der Waals surface area (Å²) >= 11 is 7.72. The van der Waals surface area contributed by atoms with E-state index in [1.807, 2.05) is 12.1 Å². The van der Waals surface area contributed by atoms with Crippen molar-refractivity contribution in [2.45, 2.75) is 23.1 Å². The second-order valence-electron chi connectivity index (χ2n) is 6.08. The quantitative estimate of drug-likeness (QED) is 0.573. The second-order valence-corrected chi connectivity index (χ2v) is 11.3. The van der Waals surface area contributed by atoms with Crippen LogP contribution in [0.25, 0.3) is 11.0 Å². The Morgan fingerprint density at radius 1 is 1.12 bits per heavy atom. The molecule has 0 bridgehead atoms. The van der Waals surface area contributed by atoms with Crippen molar-refractivity contribution in [1.29, 1.82) is 0 Å². The van der Waals surface area contributed by atoms with Gasteiger partial charge in [-0.25, -0.2) is 4.79 Å². The Balaban J connectivity index is 1.99. The fourth-order valence-corrected chi connectivity index (χ4v) is 7.63. The summed E-state index contributed by atoms with van der Waals surface area (Å²) in [6, 6.07) is 8.59. The molecule has 0 radical (unpaired) electrons. The third-order valence-corrected chi connectivity index (χ3v) is 9.92. The number of benzene rings is 1. The number of hydrogen-bond acceptors (Lipinski definition) is 5. The van der Waals surface area contributed by atoms with Gasteiger partial charge in [0.05, 0.1) is 14.8 Å². The molecule has 3 heterocycles. The highest BCUT2D eigenvalue weighted by Gasteiger charge is 2.30. The minimum atomic E-state index is -3.99. The molecule has 138 valence electrons. The van der Waals surface area contributed by atoms with Crippen LogP contribution < -0.4 is 11.0 Å². The zero-order valence-electron chi connectivity index (χ0n) is 13.5. The van der Waals surface area contributed by atoms with E-state index in [4.69, 9.17) is 0 Å². The van der Waals surface area contributed by atoms with Crippen molar-refractivity contribution < 1.29 is 8.42 Å². The predicted molar refractivity (Wildman–Crippen MR) is 110 cm³/mol. The number of imidazole rings is 1. The Labute approximate surface area is 171 Å². The van der Waals surface area contributed by atoms with E-state index in [1.54, 1.807) is 16.7 Å². The first kappa shape index (κ1) is 18.4. The molecule has 10 heteroatoms. The third-order valence-electron chi connectivity index (χ3n) is 4.53. The van der Waals surface area contributed by atoms with Crippen LogP contribution in [0.1, 0.15) is 18.9 Å². The van der Waals surface area contributed by atoms with Crippen LogP contribution in [0.2, 0.25) is 0 Å². The molecule has 0 aliphatic carbocycles. The Morgan fingerprint density at radius 3 is 2.38 bits per heavy atom. The predicted octanol–water partition coefficient (Wildman–Crippen LogP) is 3.55. The van der Waals surface area contributed by atoms with Gasteiger partial charge in [0.1, 0.15) is 4.21 Å². The number of rotatable bonds is 3. The van der Waals surface area contributed by atoms with E-state index in [9.17, 15) is 13.2 Å². The monoisotopic (exact) mass is 519 g/mol. The van der Waals surface area contributed by atoms with Gasteiger partial charge >= 0.3 is 5.69 Å². The molecule has 1 saturated heterocycles. The van der Waals surface area contributed by atoms with Gasteiger partial charge < -0.3 is 5.32 Å². The van der Waals surface area contributed by atoms with E-state index in [-0.39, 0.29) is 10.3 Å². The Kier molecular flexibility index (Phi) is 4.89. The Morgan fingerprint density at radius 2 is 1.77 bits per heavy atom. The van der Waals surface area contributed by atoms with Gasteiger partial charge in [-0.05, 0) is 76.0 Å². The summed E-state index contributed by atoms with van der Waals surface area (Å²) in [5.74, 6) is 0. The number of halogens is 2. The number of thiophene rings is 1. The highest BCUT2D eigenvalue weighted by molar-refractivity contribution is 9.13. The van der Waals surface area contributed by atoms with Gasteiger partial charge in [-0.2, -0.15) is 12.4 Å². The fraction of sp³-hybridized carbons (Fsp3) is 0.312. The topological polar surface area (TPSA) is 73.1 Å². The van der Waals surface area contributed by atoms with E-state index in [0.29, 0.717) is 19.3 Å². The molecule has 0 saturated carbocycles. The minimum Gasteiger partial charge on any atom is -0.317 e. The minimum absolute atomic E-state index is 0.00749. The number of piperidine rings is 1. The van der Waals surface area contributed by atoms with Crippen LogP contribution in [0.3, 0.4) is 0 Å². The first-order valence-electron chi connectivity index (χ1n) is 8.04. The van der Waals surface area contributed by atoms with Crippen molar-refractivity contribution in [3.05, 3.63) is 49.1 Å². The lowest BCUT2D eigenvalue weighted by Gasteiger charge is -2.23. The molecule has 1 aliphatic rings. The molecule has 3 aromatic rings. The van der Waals surface area contributed by atoms with Crippen LogP contribution in [-0.2, 0) is 10.0 Å². The third kappa shape index (κ3) is 2.91. The normalized spacial score (nSPS) is 16.4. The molecule has 1 aliphatic heterocycles. The van der Waals surface area contributed by atoms with Crippen LogP contribution in [-0.4, -0.2) is 30.0 Å². The molecule has 6 nitrogen and oxygen atoms in total. The number of para-hydroxylation sites is 2. The van der Waals surface area contributed by atoms with Crippen molar-refractivity contribution in [2.75, 3.05) is 13.1 Å². The zero-order valence-corrected chi connectivity index (χ0v) is 18.3. The van der Waals surface area contributed by atoms with Crippen molar-refractivity contribution in [3.63, 3.8) is 0 Å². The smallest absolute Gasteiger partial charge is 0.317 e. The molecule has 0 atom stereocenters. The van der Waals surface area contributed by atoms with E-state index in [0.717, 1.165) is 41.2 Å². The highest BCUT2D eigenvalue weighted by atomic mass is 79.9. The van der Waals surface area contributed by atoms with Gasteiger partial charge in [0.2, 0.25) is 0 Å². The van der Waals surface area contributed by atoms with Crippen molar-refractivity contribution in [2.24, 2.45) is 0 Å². The molecule has 4 rings (SSSR count). The van der Waals surface area contributed by atoms with Gasteiger partial charge in [-0.3, -0.25) is 4.57 Å². The highest BCUT2D eigenvalue weighted by Crippen LogP contribution is 2.36. The lowest BCUT2D eigenvalue weighted by Crippen LogP contribution is -2.36. The van der Waals surface area contributed by atoms with Crippen molar-refractivity contribution >= 4 is 64.3 Å². The standard InChI is InChI=1S/C16H15Br2N3O3S2/c17-11-9-14(25-15(11)18)26(23,24)21-13-4-2-1-3-12(13)20(16(21)22)10-5-7-19-8-6-10/h1-4,9-10,19H,5-8H2. The molecular formula is C16H15Br2N3O3S2. The summed E-state index contributed by atoms with van der Waals surface area (Å²) in [4.78, 5) is 13.2. The van der Waals surface area contributed by atoms with Gasteiger partial charge in [0.15, 0.2) is 0 Å². The van der Waals surface area contributed by atoms with Crippen LogP contribution in [0.15, 0.2) is 47.6 Å². The molecular weight excluding hydrogens is 506 g/mol. The summed E-state index contributed by atoms with van der Waals surface area (Å²) in [7, 11) is -3.99. The molecule has 0 spiro atoms. The summed E-state index contributed by atoms with van der Waals surface area (Å²) in [5.41, 5.74) is 0.568. The Hall–Kier alpha value is -0.940. The number of nitrogens with one attached hydrogen (secondary N) is 1. The second kappa shape index (κ2) is 6.90. The molecule has 0 unspecified atom stereocenters. The molecule has 1 N–H and O–H groups in total. The molecule has 2 aromatic heterocycles.